The van der Waals surface area contributed by atoms with E-state index in [1.807, 2.05) is 41.5 Å². The Labute approximate surface area is 227 Å². The molecule has 0 spiro atoms. The summed E-state index contributed by atoms with van der Waals surface area (Å²) >= 11 is 3.42. The molecular weight excluding hydrogens is 540 g/mol. The highest BCUT2D eigenvalue weighted by molar-refractivity contribution is 9.10. The molecule has 202 valence electrons. The summed E-state index contributed by atoms with van der Waals surface area (Å²) in [6.45, 7) is 13.3. The first kappa shape index (κ1) is 30.2. The second-order valence-corrected chi connectivity index (χ2v) is 11.8. The van der Waals surface area contributed by atoms with Crippen molar-refractivity contribution in [3.63, 3.8) is 0 Å². The van der Waals surface area contributed by atoms with Gasteiger partial charge in [0.25, 0.3) is 5.91 Å². The van der Waals surface area contributed by atoms with E-state index >= 15 is 0 Å². The number of hydrogen-bond donors (Lipinski definition) is 3. The van der Waals surface area contributed by atoms with Gasteiger partial charge in [0.05, 0.1) is 25.3 Å². The third-order valence-electron chi connectivity index (χ3n) is 5.93. The third-order valence-corrected chi connectivity index (χ3v) is 6.67. The van der Waals surface area contributed by atoms with Crippen LogP contribution in [0.4, 0.5) is 4.79 Å². The molecule has 0 aliphatic rings. The van der Waals surface area contributed by atoms with Gasteiger partial charge in [-0.1, -0.05) is 57.5 Å². The fourth-order valence-electron chi connectivity index (χ4n) is 3.90. The zero-order valence-corrected chi connectivity index (χ0v) is 24.4. The van der Waals surface area contributed by atoms with Crippen molar-refractivity contribution < 1.29 is 29.3 Å². The molecule has 0 aliphatic carbocycles. The molecule has 2 aromatic rings. The van der Waals surface area contributed by atoms with Crippen LogP contribution in [0.15, 0.2) is 28.7 Å². The number of amides is 2. The van der Waals surface area contributed by atoms with Gasteiger partial charge in [-0.3, -0.25) is 14.5 Å². The van der Waals surface area contributed by atoms with Gasteiger partial charge >= 0.3 is 6.09 Å². The predicted molar refractivity (Wildman–Crippen MR) is 147 cm³/mol. The van der Waals surface area contributed by atoms with Gasteiger partial charge in [0, 0.05) is 28.2 Å². The van der Waals surface area contributed by atoms with Crippen LogP contribution in [-0.2, 0) is 17.4 Å². The lowest BCUT2D eigenvalue weighted by Crippen LogP contribution is -2.34. The van der Waals surface area contributed by atoms with Crippen molar-refractivity contribution in [2.75, 3.05) is 20.2 Å². The number of phenols is 1. The van der Waals surface area contributed by atoms with Gasteiger partial charge in [-0.25, -0.2) is 4.79 Å². The van der Waals surface area contributed by atoms with E-state index in [9.17, 15) is 24.6 Å². The maximum Gasteiger partial charge on any atom is 0.408 e. The van der Waals surface area contributed by atoms with Crippen molar-refractivity contribution in [3.05, 3.63) is 56.6 Å². The lowest BCUT2D eigenvalue weighted by atomic mass is 9.78. The Kier molecular flexibility index (Phi) is 9.41. The molecule has 2 aromatic carbocycles. The molecular formula is C28H37BrN2O6. The monoisotopic (exact) mass is 576 g/mol. The lowest BCUT2D eigenvalue weighted by molar-refractivity contribution is 0.0900. The number of ether oxygens (including phenoxy) is 1. The number of carbonyl (C=O) groups is 3. The largest absolute Gasteiger partial charge is 0.507 e. The molecule has 0 bridgehead atoms. The first-order valence-electron chi connectivity index (χ1n) is 12.1. The Morgan fingerprint density at radius 2 is 1.54 bits per heavy atom. The number of Topliss-reactive ketones (excluding diaryl/α,β-unsaturated/α-hetero) is 1. The molecule has 8 nitrogen and oxygen atoms in total. The number of nitrogens with zero attached hydrogens (tertiary/aromatic N) is 1. The van der Waals surface area contributed by atoms with E-state index in [1.54, 1.807) is 31.2 Å². The first-order chi connectivity index (χ1) is 17.0. The number of nitrogens with one attached hydrogen (secondary N) is 1. The standard InChI is InChI=1S/C28H37BrN2O6/c1-9-37-23-12-17(21(29)13-18(23)25(34)30-8)14-31(26(35)36)15-22(32)16-10-19(27(2,3)4)24(33)20(11-16)28(5,6)7/h10-13,33H,9,14-15H2,1-8H3,(H,30,34)(H,35,36). The smallest absolute Gasteiger partial charge is 0.408 e. The van der Waals surface area contributed by atoms with Gasteiger partial charge in [0.2, 0.25) is 0 Å². The minimum atomic E-state index is -1.26. The maximum atomic E-state index is 13.4. The summed E-state index contributed by atoms with van der Waals surface area (Å²) in [5.74, 6) is -0.255. The number of halogens is 1. The van der Waals surface area contributed by atoms with E-state index in [0.717, 1.165) is 4.90 Å². The van der Waals surface area contributed by atoms with Crippen molar-refractivity contribution in [3.8, 4) is 11.5 Å². The Bertz CT molecular complexity index is 1160. The Morgan fingerprint density at radius 1 is 1.00 bits per heavy atom. The van der Waals surface area contributed by atoms with Crippen molar-refractivity contribution >= 4 is 33.7 Å². The number of ketones is 1. The molecule has 0 aliphatic heterocycles. The number of carboxylic acid groups (broad SMARTS) is 1. The molecule has 0 saturated carbocycles. The van der Waals surface area contributed by atoms with Gasteiger partial charge in [-0.15, -0.1) is 0 Å². The van der Waals surface area contributed by atoms with E-state index in [1.165, 1.54) is 7.05 Å². The minimum Gasteiger partial charge on any atom is -0.507 e. The molecule has 2 amide bonds. The number of phenolic OH excluding ortho intramolecular Hbond substituents is 1. The Morgan fingerprint density at radius 3 is 1.97 bits per heavy atom. The SMILES string of the molecule is CCOc1cc(CN(CC(=O)c2cc(C(C)(C)C)c(O)c(C(C)(C)C)c2)C(=O)O)c(Br)cc1C(=O)NC. The fraction of sp³-hybridized carbons (Fsp3) is 0.464. The summed E-state index contributed by atoms with van der Waals surface area (Å²) in [7, 11) is 1.51. The zero-order valence-electron chi connectivity index (χ0n) is 22.8. The average molecular weight is 578 g/mol. The molecule has 3 N–H and O–H groups in total. The molecule has 9 heteroatoms. The highest BCUT2D eigenvalue weighted by Gasteiger charge is 2.29. The van der Waals surface area contributed by atoms with Crippen LogP contribution in [0.25, 0.3) is 0 Å². The molecule has 37 heavy (non-hydrogen) atoms. The van der Waals surface area contributed by atoms with Gasteiger partial charge < -0.3 is 20.3 Å². The number of benzene rings is 2. The molecule has 0 fully saturated rings. The van der Waals surface area contributed by atoms with Gasteiger partial charge in [0.1, 0.15) is 11.5 Å². The van der Waals surface area contributed by atoms with E-state index in [2.05, 4.69) is 21.2 Å². The molecule has 0 saturated heterocycles. The van der Waals surface area contributed by atoms with Crippen molar-refractivity contribution in [1.29, 1.82) is 0 Å². The lowest BCUT2D eigenvalue weighted by Gasteiger charge is -2.28. The normalized spacial score (nSPS) is 11.7. The van der Waals surface area contributed by atoms with Crippen molar-refractivity contribution in [2.45, 2.75) is 65.8 Å². The summed E-state index contributed by atoms with van der Waals surface area (Å²) < 4.78 is 6.13. The van der Waals surface area contributed by atoms with Crippen LogP contribution in [0.1, 0.15) is 85.9 Å². The van der Waals surface area contributed by atoms with E-state index in [4.69, 9.17) is 4.74 Å². The second-order valence-electron chi connectivity index (χ2n) is 10.9. The first-order valence-corrected chi connectivity index (χ1v) is 12.9. The topological polar surface area (TPSA) is 116 Å². The van der Waals surface area contributed by atoms with Crippen LogP contribution >= 0.6 is 15.9 Å². The summed E-state index contributed by atoms with van der Waals surface area (Å²) in [6, 6.07) is 6.48. The second kappa shape index (κ2) is 11.5. The molecule has 0 heterocycles. The molecule has 0 atom stereocenters. The maximum absolute atomic E-state index is 13.4. The highest BCUT2D eigenvalue weighted by atomic mass is 79.9. The Balaban J connectivity index is 2.48. The Hall–Kier alpha value is -3.07. The van der Waals surface area contributed by atoms with Crippen LogP contribution in [0.5, 0.6) is 11.5 Å². The minimum absolute atomic E-state index is 0.105. The van der Waals surface area contributed by atoms with E-state index in [0.29, 0.717) is 44.6 Å². The molecule has 0 aromatic heterocycles. The van der Waals surface area contributed by atoms with Gasteiger partial charge in [-0.05, 0) is 47.6 Å². The van der Waals surface area contributed by atoms with E-state index < -0.39 is 16.9 Å². The molecule has 2 rings (SSSR count). The quantitative estimate of drug-likeness (QED) is 0.338. The number of rotatable bonds is 8. The molecule has 0 radical (unpaired) electrons. The summed E-state index contributed by atoms with van der Waals surface area (Å²) in [5, 5.41) is 23.4. The number of aromatic hydroxyl groups is 1. The van der Waals surface area contributed by atoms with Crippen LogP contribution in [-0.4, -0.2) is 53.1 Å². The summed E-state index contributed by atoms with van der Waals surface area (Å²) in [4.78, 5) is 38.8. The van der Waals surface area contributed by atoms with Gasteiger partial charge in [0.15, 0.2) is 5.78 Å². The van der Waals surface area contributed by atoms with Crippen LogP contribution in [0, 0.1) is 0 Å². The fourth-order valence-corrected chi connectivity index (χ4v) is 4.37. The predicted octanol–water partition coefficient (Wildman–Crippen LogP) is 5.87. The third kappa shape index (κ3) is 7.25. The van der Waals surface area contributed by atoms with Crippen LogP contribution < -0.4 is 10.1 Å². The van der Waals surface area contributed by atoms with Crippen molar-refractivity contribution in [2.24, 2.45) is 0 Å². The number of carbonyl (C=O) groups excluding carboxylic acids is 2. The van der Waals surface area contributed by atoms with Gasteiger partial charge in [-0.2, -0.15) is 0 Å². The summed E-state index contributed by atoms with van der Waals surface area (Å²) in [6.07, 6.45) is -1.26. The average Bonchev–Trinajstić information content (AvgIpc) is 2.78. The number of hydrogen-bond acceptors (Lipinski definition) is 5. The van der Waals surface area contributed by atoms with Crippen molar-refractivity contribution in [1.82, 2.24) is 10.2 Å². The molecule has 0 unspecified atom stereocenters. The van der Waals surface area contributed by atoms with E-state index in [-0.39, 0.29) is 30.5 Å². The zero-order chi connectivity index (χ0) is 28.3. The highest BCUT2D eigenvalue weighted by Crippen LogP contribution is 2.40. The summed E-state index contributed by atoms with van der Waals surface area (Å²) in [5.41, 5.74) is 1.58. The van der Waals surface area contributed by atoms with Crippen LogP contribution in [0.3, 0.4) is 0 Å². The van der Waals surface area contributed by atoms with Crippen LogP contribution in [0.2, 0.25) is 0 Å².